The summed E-state index contributed by atoms with van der Waals surface area (Å²) in [6.07, 6.45) is 0.108. The Morgan fingerprint density at radius 2 is 1.55 bits per heavy atom. The van der Waals surface area contributed by atoms with E-state index >= 15 is 0 Å². The van der Waals surface area contributed by atoms with Crippen LogP contribution >= 0.6 is 0 Å². The van der Waals surface area contributed by atoms with Crippen LogP contribution in [0.15, 0.2) is 24.3 Å². The highest BCUT2D eigenvalue weighted by molar-refractivity contribution is 6.06. The summed E-state index contributed by atoms with van der Waals surface area (Å²) >= 11 is 0. The Morgan fingerprint density at radius 1 is 1.05 bits per heavy atom. The van der Waals surface area contributed by atoms with Gasteiger partial charge < -0.3 is 19.9 Å². The molecular formula is C16H23NO5. The van der Waals surface area contributed by atoms with Gasteiger partial charge in [0.1, 0.15) is 5.75 Å². The van der Waals surface area contributed by atoms with E-state index in [2.05, 4.69) is 0 Å². The zero-order valence-corrected chi connectivity index (χ0v) is 13.3. The van der Waals surface area contributed by atoms with E-state index in [0.29, 0.717) is 11.3 Å². The zero-order valence-electron chi connectivity index (χ0n) is 13.3. The van der Waals surface area contributed by atoms with Crippen molar-refractivity contribution in [3.8, 4) is 5.75 Å². The van der Waals surface area contributed by atoms with Crippen molar-refractivity contribution in [1.29, 1.82) is 0 Å². The van der Waals surface area contributed by atoms with Gasteiger partial charge in [-0.15, -0.1) is 0 Å². The normalized spacial score (nSPS) is 10.9. The third-order valence-corrected chi connectivity index (χ3v) is 3.35. The first-order valence-electron chi connectivity index (χ1n) is 7.25. The minimum Gasteiger partial charge on any atom is -0.497 e. The molecule has 0 bridgehead atoms. The fourth-order valence-electron chi connectivity index (χ4n) is 2.27. The van der Waals surface area contributed by atoms with Crippen LogP contribution in [-0.4, -0.2) is 38.8 Å². The van der Waals surface area contributed by atoms with E-state index in [-0.39, 0.29) is 26.2 Å². The predicted molar refractivity (Wildman–Crippen MR) is 81.6 cm³/mol. The molecule has 0 spiro atoms. The number of rotatable bonds is 8. The second-order valence-electron chi connectivity index (χ2n) is 4.61. The van der Waals surface area contributed by atoms with Gasteiger partial charge in [-0.3, -0.25) is 9.59 Å². The van der Waals surface area contributed by atoms with Crippen LogP contribution in [0.2, 0.25) is 0 Å². The van der Waals surface area contributed by atoms with Crippen molar-refractivity contribution in [2.45, 2.75) is 25.7 Å². The van der Waals surface area contributed by atoms with Crippen molar-refractivity contribution in [3.05, 3.63) is 29.8 Å². The van der Waals surface area contributed by atoms with Crippen LogP contribution in [0.4, 0.5) is 0 Å². The van der Waals surface area contributed by atoms with Gasteiger partial charge >= 0.3 is 11.9 Å². The van der Waals surface area contributed by atoms with Crippen molar-refractivity contribution in [2.24, 2.45) is 5.73 Å². The molecule has 122 valence electrons. The number of benzene rings is 1. The first-order chi connectivity index (χ1) is 10.6. The van der Waals surface area contributed by atoms with Crippen LogP contribution in [0.25, 0.3) is 0 Å². The topological polar surface area (TPSA) is 87.9 Å². The van der Waals surface area contributed by atoms with Crippen LogP contribution in [0, 0.1) is 0 Å². The summed E-state index contributed by atoms with van der Waals surface area (Å²) in [5.74, 6) is -0.675. The molecule has 2 N–H and O–H groups in total. The molecule has 6 heteroatoms. The molecule has 0 heterocycles. The van der Waals surface area contributed by atoms with Gasteiger partial charge in [-0.1, -0.05) is 12.1 Å². The van der Waals surface area contributed by atoms with Gasteiger partial charge in [0.2, 0.25) is 0 Å². The average molecular weight is 309 g/mol. The lowest BCUT2D eigenvalue weighted by Crippen LogP contribution is -2.47. The Bertz CT molecular complexity index is 480. The predicted octanol–water partition coefficient (Wildman–Crippen LogP) is 1.41. The Labute approximate surface area is 130 Å². The quantitative estimate of drug-likeness (QED) is 0.577. The van der Waals surface area contributed by atoms with E-state index in [1.807, 2.05) is 0 Å². The molecule has 0 saturated heterocycles. The van der Waals surface area contributed by atoms with Crippen LogP contribution in [-0.2, 0) is 24.5 Å². The maximum Gasteiger partial charge on any atom is 0.328 e. The van der Waals surface area contributed by atoms with Crippen LogP contribution < -0.4 is 10.5 Å². The van der Waals surface area contributed by atoms with Gasteiger partial charge in [-0.05, 0) is 44.5 Å². The fraction of sp³-hybridized carbons (Fsp3) is 0.500. The molecule has 0 aliphatic rings. The van der Waals surface area contributed by atoms with Gasteiger partial charge in [0.25, 0.3) is 0 Å². The summed E-state index contributed by atoms with van der Waals surface area (Å²) in [5.41, 5.74) is 4.57. The smallest absolute Gasteiger partial charge is 0.328 e. The molecule has 0 amide bonds. The van der Waals surface area contributed by atoms with Crippen molar-refractivity contribution in [2.75, 3.05) is 26.9 Å². The minimum absolute atomic E-state index is 0.108. The van der Waals surface area contributed by atoms with E-state index < -0.39 is 17.4 Å². The number of carbonyl (C=O) groups excluding carboxylic acids is 2. The number of nitrogens with two attached hydrogens (primary N) is 1. The van der Waals surface area contributed by atoms with Crippen molar-refractivity contribution < 1.29 is 23.8 Å². The Kier molecular flexibility index (Phi) is 6.85. The third kappa shape index (κ3) is 3.57. The van der Waals surface area contributed by atoms with Gasteiger partial charge in [-0.2, -0.15) is 0 Å². The molecule has 22 heavy (non-hydrogen) atoms. The summed E-state index contributed by atoms with van der Waals surface area (Å²) in [7, 11) is 1.54. The standard InChI is InChI=1S/C16H23NO5/c1-4-21-14(18)16(10-11-17,15(19)22-5-2)12-6-8-13(20-3)9-7-12/h6-9H,4-5,10-11,17H2,1-3H3. The molecule has 0 aliphatic carbocycles. The molecule has 0 radical (unpaired) electrons. The number of carbonyl (C=O) groups is 2. The molecule has 0 aromatic heterocycles. The van der Waals surface area contributed by atoms with Crippen molar-refractivity contribution >= 4 is 11.9 Å². The maximum atomic E-state index is 12.5. The van der Waals surface area contributed by atoms with E-state index in [9.17, 15) is 9.59 Å². The summed E-state index contributed by atoms with van der Waals surface area (Å²) in [6.45, 7) is 3.85. The Balaban J connectivity index is 3.38. The van der Waals surface area contributed by atoms with E-state index in [4.69, 9.17) is 19.9 Å². The highest BCUT2D eigenvalue weighted by Gasteiger charge is 2.49. The molecule has 0 aliphatic heterocycles. The average Bonchev–Trinajstić information content (AvgIpc) is 2.53. The third-order valence-electron chi connectivity index (χ3n) is 3.35. The molecule has 1 aromatic carbocycles. The van der Waals surface area contributed by atoms with E-state index in [0.717, 1.165) is 0 Å². The number of hydrogen-bond donors (Lipinski definition) is 1. The number of esters is 2. The summed E-state index contributed by atoms with van der Waals surface area (Å²) in [4.78, 5) is 25.0. The highest BCUT2D eigenvalue weighted by atomic mass is 16.6. The van der Waals surface area contributed by atoms with Gasteiger partial charge in [-0.25, -0.2) is 0 Å². The second kappa shape index (κ2) is 8.38. The molecule has 6 nitrogen and oxygen atoms in total. The molecule has 0 unspecified atom stereocenters. The number of ether oxygens (including phenoxy) is 3. The first-order valence-corrected chi connectivity index (χ1v) is 7.25. The summed E-state index contributed by atoms with van der Waals surface area (Å²) in [6, 6.07) is 6.67. The number of hydrogen-bond acceptors (Lipinski definition) is 6. The Morgan fingerprint density at radius 3 is 1.91 bits per heavy atom. The lowest BCUT2D eigenvalue weighted by molar-refractivity contribution is -0.165. The van der Waals surface area contributed by atoms with Gasteiger partial charge in [0.05, 0.1) is 20.3 Å². The second-order valence-corrected chi connectivity index (χ2v) is 4.61. The number of methoxy groups -OCH3 is 1. The zero-order chi connectivity index (χ0) is 16.6. The highest BCUT2D eigenvalue weighted by Crippen LogP contribution is 2.32. The maximum absolute atomic E-state index is 12.5. The first kappa shape index (κ1) is 18.0. The lowest BCUT2D eigenvalue weighted by Gasteiger charge is -2.29. The van der Waals surface area contributed by atoms with Crippen molar-refractivity contribution in [3.63, 3.8) is 0 Å². The molecule has 0 atom stereocenters. The van der Waals surface area contributed by atoms with E-state index in [1.165, 1.54) is 0 Å². The van der Waals surface area contributed by atoms with Crippen LogP contribution in [0.1, 0.15) is 25.8 Å². The SMILES string of the molecule is CCOC(=O)C(CCN)(C(=O)OCC)c1ccc(OC)cc1. The van der Waals surface area contributed by atoms with Crippen LogP contribution in [0.5, 0.6) is 5.75 Å². The fourth-order valence-corrected chi connectivity index (χ4v) is 2.27. The Hall–Kier alpha value is -2.08. The monoisotopic (exact) mass is 309 g/mol. The summed E-state index contributed by atoms with van der Waals surface area (Å²) < 4.78 is 15.3. The molecule has 1 aromatic rings. The molecule has 1 rings (SSSR count). The largest absolute Gasteiger partial charge is 0.497 e. The summed E-state index contributed by atoms with van der Waals surface area (Å²) in [5, 5.41) is 0. The molecule has 0 fully saturated rings. The lowest BCUT2D eigenvalue weighted by atomic mass is 9.77. The van der Waals surface area contributed by atoms with E-state index in [1.54, 1.807) is 45.2 Å². The van der Waals surface area contributed by atoms with Gasteiger partial charge in [0, 0.05) is 0 Å². The molecule has 0 saturated carbocycles. The van der Waals surface area contributed by atoms with Crippen LogP contribution in [0.3, 0.4) is 0 Å². The van der Waals surface area contributed by atoms with Crippen molar-refractivity contribution in [1.82, 2.24) is 0 Å². The molecular weight excluding hydrogens is 286 g/mol. The minimum atomic E-state index is -1.55. The van der Waals surface area contributed by atoms with Gasteiger partial charge in [0.15, 0.2) is 5.41 Å².